The zero-order chi connectivity index (χ0) is 18.9. The zero-order valence-electron chi connectivity index (χ0n) is 15.2. The van der Waals surface area contributed by atoms with Crippen molar-refractivity contribution in [3.8, 4) is 11.5 Å². The summed E-state index contributed by atoms with van der Waals surface area (Å²) < 4.78 is 8.90. The van der Waals surface area contributed by atoms with Crippen molar-refractivity contribution in [1.82, 2.24) is 24.1 Å². The first-order valence-electron chi connectivity index (χ1n) is 8.95. The number of imidazole rings is 1. The minimum Gasteiger partial charge on any atom is -0.338 e. The summed E-state index contributed by atoms with van der Waals surface area (Å²) >= 11 is 6.43. The number of hydrogen-bond donors (Lipinski definition) is 0. The molecule has 0 bridgehead atoms. The molecule has 0 N–H and O–H groups in total. The summed E-state index contributed by atoms with van der Waals surface area (Å²) in [7, 11) is 0. The topological polar surface area (TPSA) is 78.2 Å². The van der Waals surface area contributed by atoms with Crippen molar-refractivity contribution >= 4 is 28.2 Å². The van der Waals surface area contributed by atoms with Crippen LogP contribution in [-0.2, 0) is 5.41 Å². The van der Waals surface area contributed by atoms with Gasteiger partial charge in [0.2, 0.25) is 11.7 Å². The van der Waals surface area contributed by atoms with Crippen LogP contribution >= 0.6 is 11.6 Å². The van der Waals surface area contributed by atoms with Crippen LogP contribution in [0.5, 0.6) is 0 Å². The lowest BCUT2D eigenvalue weighted by molar-refractivity contribution is 0.353. The molecule has 1 aliphatic carbocycles. The van der Waals surface area contributed by atoms with Gasteiger partial charge < -0.3 is 9.09 Å². The molecule has 8 heteroatoms. The van der Waals surface area contributed by atoms with Crippen LogP contribution in [0.25, 0.3) is 28.1 Å². The molecule has 0 unspecified atom stereocenters. The van der Waals surface area contributed by atoms with Gasteiger partial charge in [-0.25, -0.2) is 4.98 Å². The number of nitrogens with zero attached hydrogens (tertiary/aromatic N) is 5. The Kier molecular flexibility index (Phi) is 3.31. The highest BCUT2D eigenvalue weighted by Crippen LogP contribution is 2.47. The van der Waals surface area contributed by atoms with E-state index < -0.39 is 0 Å². The molecule has 1 aromatic carbocycles. The van der Waals surface area contributed by atoms with E-state index in [1.807, 2.05) is 26.0 Å². The van der Waals surface area contributed by atoms with Crippen LogP contribution in [0.1, 0.15) is 45.5 Å². The number of fused-ring (bicyclic) bond motifs is 3. The van der Waals surface area contributed by atoms with Crippen molar-refractivity contribution < 1.29 is 4.52 Å². The van der Waals surface area contributed by atoms with Crippen LogP contribution in [0, 0.1) is 0 Å². The van der Waals surface area contributed by atoms with E-state index in [0.717, 1.165) is 18.4 Å². The zero-order valence-corrected chi connectivity index (χ0v) is 16.0. The van der Waals surface area contributed by atoms with Crippen LogP contribution in [0.15, 0.2) is 33.8 Å². The predicted molar refractivity (Wildman–Crippen MR) is 102 cm³/mol. The first-order chi connectivity index (χ1) is 12.9. The normalized spacial score (nSPS) is 15.9. The molecule has 5 rings (SSSR count). The van der Waals surface area contributed by atoms with Crippen LogP contribution in [-0.4, -0.2) is 24.1 Å². The maximum Gasteiger partial charge on any atom is 0.278 e. The molecule has 0 saturated heterocycles. The van der Waals surface area contributed by atoms with Crippen molar-refractivity contribution in [2.45, 2.75) is 45.1 Å². The van der Waals surface area contributed by atoms with Crippen molar-refractivity contribution in [1.29, 1.82) is 0 Å². The van der Waals surface area contributed by atoms with Gasteiger partial charge in [-0.1, -0.05) is 29.7 Å². The van der Waals surface area contributed by atoms with E-state index in [-0.39, 0.29) is 17.0 Å². The van der Waals surface area contributed by atoms with Gasteiger partial charge in [-0.05, 0) is 38.8 Å². The van der Waals surface area contributed by atoms with Gasteiger partial charge in [0.15, 0.2) is 0 Å². The molecule has 1 fully saturated rings. The Morgan fingerprint density at radius 3 is 2.74 bits per heavy atom. The van der Waals surface area contributed by atoms with Crippen molar-refractivity contribution in [2.75, 3.05) is 0 Å². The van der Waals surface area contributed by atoms with Gasteiger partial charge in [0, 0.05) is 11.5 Å². The molecular formula is C19H18ClN5O2. The number of aromatic nitrogens is 5. The first-order valence-corrected chi connectivity index (χ1v) is 9.33. The molecule has 1 saturated carbocycles. The highest BCUT2D eigenvalue weighted by Gasteiger charge is 2.44. The second-order valence-corrected chi connectivity index (χ2v) is 8.08. The Hall–Kier alpha value is -2.67. The minimum atomic E-state index is -0.179. The van der Waals surface area contributed by atoms with Crippen molar-refractivity contribution in [3.63, 3.8) is 0 Å². The number of benzene rings is 1. The lowest BCUT2D eigenvalue weighted by Crippen LogP contribution is -2.25. The van der Waals surface area contributed by atoms with Gasteiger partial charge in [-0.15, -0.1) is 0 Å². The lowest BCUT2D eigenvalue weighted by atomic mass is 10.1. The van der Waals surface area contributed by atoms with Gasteiger partial charge in [-0.3, -0.25) is 9.20 Å². The average Bonchev–Trinajstić information content (AvgIpc) is 3.06. The Balaban J connectivity index is 1.85. The fraction of sp³-hybridized carbons (Fsp3) is 0.368. The molecule has 3 heterocycles. The SMILES string of the molecule is CC(C)n1c(=O)c2c(-c3noc(C4(C)CC4)n3)ncn2c2cccc(Cl)c21. The van der Waals surface area contributed by atoms with E-state index >= 15 is 0 Å². The van der Waals surface area contributed by atoms with E-state index in [1.54, 1.807) is 21.4 Å². The number of hydrogen-bond acceptors (Lipinski definition) is 5. The fourth-order valence-electron chi connectivity index (χ4n) is 3.51. The molecular weight excluding hydrogens is 366 g/mol. The van der Waals surface area contributed by atoms with Gasteiger partial charge in [0.25, 0.3) is 5.56 Å². The molecule has 7 nitrogen and oxygen atoms in total. The van der Waals surface area contributed by atoms with Gasteiger partial charge in [0.1, 0.15) is 17.5 Å². The second kappa shape index (κ2) is 5.42. The van der Waals surface area contributed by atoms with E-state index in [1.165, 1.54) is 0 Å². The summed E-state index contributed by atoms with van der Waals surface area (Å²) in [5.74, 6) is 0.945. The van der Waals surface area contributed by atoms with Crippen LogP contribution in [0.3, 0.4) is 0 Å². The molecule has 0 radical (unpaired) electrons. The van der Waals surface area contributed by atoms with Gasteiger partial charge in [-0.2, -0.15) is 4.98 Å². The highest BCUT2D eigenvalue weighted by atomic mass is 35.5. The summed E-state index contributed by atoms with van der Waals surface area (Å²) in [5.41, 5.74) is 2.13. The molecule has 0 spiro atoms. The van der Waals surface area contributed by atoms with E-state index in [0.29, 0.717) is 33.5 Å². The molecule has 3 aromatic heterocycles. The third-order valence-electron chi connectivity index (χ3n) is 5.33. The summed E-state index contributed by atoms with van der Waals surface area (Å²) in [4.78, 5) is 22.3. The molecule has 1 aliphatic rings. The average molecular weight is 384 g/mol. The standard InChI is InChI=1S/C19H18ClN5O2/c1-10(2)25-14-11(20)5-4-6-12(14)24-9-21-13(15(24)17(25)26)16-22-18(27-23-16)19(3)7-8-19/h4-6,9-10H,7-8H2,1-3H3. The maximum atomic E-state index is 13.4. The smallest absolute Gasteiger partial charge is 0.278 e. The third kappa shape index (κ3) is 2.27. The molecule has 27 heavy (non-hydrogen) atoms. The monoisotopic (exact) mass is 383 g/mol. The number of para-hydroxylation sites is 1. The van der Waals surface area contributed by atoms with Crippen LogP contribution in [0.2, 0.25) is 5.02 Å². The third-order valence-corrected chi connectivity index (χ3v) is 5.63. The van der Waals surface area contributed by atoms with Gasteiger partial charge in [0.05, 0.1) is 16.1 Å². The highest BCUT2D eigenvalue weighted by molar-refractivity contribution is 6.35. The maximum absolute atomic E-state index is 13.4. The Labute approximate surface area is 159 Å². The second-order valence-electron chi connectivity index (χ2n) is 7.67. The quantitative estimate of drug-likeness (QED) is 0.534. The molecule has 4 aromatic rings. The summed E-state index contributed by atoms with van der Waals surface area (Å²) in [6, 6.07) is 5.50. The summed E-state index contributed by atoms with van der Waals surface area (Å²) in [6.07, 6.45) is 3.67. The van der Waals surface area contributed by atoms with E-state index in [9.17, 15) is 4.79 Å². The van der Waals surface area contributed by atoms with Gasteiger partial charge >= 0.3 is 0 Å². The Morgan fingerprint density at radius 2 is 2.04 bits per heavy atom. The van der Waals surface area contributed by atoms with Crippen LogP contribution < -0.4 is 5.56 Å². The fourth-order valence-corrected chi connectivity index (χ4v) is 3.77. The minimum absolute atomic E-state index is 0.0425. The number of halogens is 1. The predicted octanol–water partition coefficient (Wildman–Crippen LogP) is 3.99. The first kappa shape index (κ1) is 16.5. The van der Waals surface area contributed by atoms with Crippen molar-refractivity contribution in [2.24, 2.45) is 0 Å². The molecule has 0 amide bonds. The molecule has 0 atom stereocenters. The Bertz CT molecular complexity index is 1260. The largest absolute Gasteiger partial charge is 0.338 e. The molecule has 0 aliphatic heterocycles. The summed E-state index contributed by atoms with van der Waals surface area (Å²) in [6.45, 7) is 6.00. The van der Waals surface area contributed by atoms with Crippen LogP contribution in [0.4, 0.5) is 0 Å². The number of rotatable bonds is 3. The van der Waals surface area contributed by atoms with Crippen molar-refractivity contribution in [3.05, 3.63) is 45.8 Å². The summed E-state index contributed by atoms with van der Waals surface area (Å²) in [5, 5.41) is 4.62. The molecule has 138 valence electrons. The Morgan fingerprint density at radius 1 is 1.26 bits per heavy atom. The van der Waals surface area contributed by atoms with E-state index in [2.05, 4.69) is 22.0 Å². The lowest BCUT2D eigenvalue weighted by Gasteiger charge is -2.16. The van der Waals surface area contributed by atoms with E-state index in [4.69, 9.17) is 16.1 Å².